The Morgan fingerprint density at radius 3 is 2.81 bits per heavy atom. The summed E-state index contributed by atoms with van der Waals surface area (Å²) in [5.41, 5.74) is 9.44. The van der Waals surface area contributed by atoms with Gasteiger partial charge in [-0.25, -0.2) is 4.79 Å². The molecule has 112 valence electrons. The maximum absolute atomic E-state index is 12.0. The monoisotopic (exact) mass is 289 g/mol. The smallest absolute Gasteiger partial charge is 0.345 e. The van der Waals surface area contributed by atoms with E-state index in [9.17, 15) is 4.79 Å². The highest BCUT2D eigenvalue weighted by Gasteiger charge is 2.27. The molecule has 0 bridgehead atoms. The summed E-state index contributed by atoms with van der Waals surface area (Å²) in [5.74, 6) is -0.0532. The third kappa shape index (κ3) is 3.21. The lowest BCUT2D eigenvalue weighted by Crippen LogP contribution is -2.39. The van der Waals surface area contributed by atoms with E-state index >= 15 is 0 Å². The van der Waals surface area contributed by atoms with E-state index in [0.717, 1.165) is 0 Å². The lowest BCUT2D eigenvalue weighted by molar-refractivity contribution is -0.677. The maximum atomic E-state index is 12.0. The van der Waals surface area contributed by atoms with Gasteiger partial charge in [-0.15, -0.1) is 0 Å². The van der Waals surface area contributed by atoms with E-state index in [0.29, 0.717) is 35.9 Å². The molecule has 0 saturated carbocycles. The maximum Gasteiger partial charge on any atom is 0.345 e. The third-order valence-corrected chi connectivity index (χ3v) is 2.96. The summed E-state index contributed by atoms with van der Waals surface area (Å²) in [6.07, 6.45) is 0.638. The average Bonchev–Trinajstić information content (AvgIpc) is 2.80. The molecule has 6 heteroatoms. The van der Waals surface area contributed by atoms with Crippen LogP contribution in [0.25, 0.3) is 11.4 Å². The Morgan fingerprint density at radius 2 is 2.14 bits per heavy atom. The summed E-state index contributed by atoms with van der Waals surface area (Å²) in [4.78, 5) is 12.0. The van der Waals surface area contributed by atoms with Crippen molar-refractivity contribution in [2.75, 3.05) is 6.61 Å². The Balaban J connectivity index is 2.50. The zero-order chi connectivity index (χ0) is 15.4. The Hall–Kier alpha value is -2.37. The fraction of sp³-hybridized carbons (Fsp3) is 0.400. The number of nitrogens with one attached hydrogen (secondary N) is 1. The van der Waals surface area contributed by atoms with Gasteiger partial charge in [-0.3, -0.25) is 0 Å². The van der Waals surface area contributed by atoms with Crippen LogP contribution in [0.2, 0.25) is 0 Å². The summed E-state index contributed by atoms with van der Waals surface area (Å²) in [5, 5.41) is 3.89. The molecule has 0 radical (unpaired) electrons. The molecule has 0 saturated heterocycles. The van der Waals surface area contributed by atoms with E-state index in [1.807, 2.05) is 19.9 Å². The highest BCUT2D eigenvalue weighted by molar-refractivity contribution is 5.92. The molecule has 1 heterocycles. The fourth-order valence-electron chi connectivity index (χ4n) is 2.07. The molecule has 1 N–H and O–H groups in total. The van der Waals surface area contributed by atoms with Gasteiger partial charge in [-0.2, -0.15) is 0 Å². The minimum atomic E-state index is -0.411. The number of hydrogen-bond donors (Lipinski definition) is 0. The van der Waals surface area contributed by atoms with Crippen molar-refractivity contribution in [3.05, 3.63) is 41.3 Å². The Kier molecular flexibility index (Phi) is 4.57. The van der Waals surface area contributed by atoms with Gasteiger partial charge in [0.1, 0.15) is 11.4 Å². The van der Waals surface area contributed by atoms with Crippen molar-refractivity contribution < 1.29 is 18.7 Å². The number of carbonyl (C=O) groups is 1. The van der Waals surface area contributed by atoms with Gasteiger partial charge in [-0.1, -0.05) is 26.0 Å². The van der Waals surface area contributed by atoms with Crippen molar-refractivity contribution in [1.29, 1.82) is 0 Å². The standard InChI is InChI=1S/C15H19N3O3/c1-4-20-15(19)11-7-5-6-8-12(11)18-13(9-10(2)3)14(16)21-17-18/h5-8,10H,4,9H2,1-3H3,(H-,16,17). The molecule has 6 nitrogen and oxygen atoms in total. The van der Waals surface area contributed by atoms with Crippen molar-refractivity contribution in [1.82, 2.24) is 5.27 Å². The van der Waals surface area contributed by atoms with Gasteiger partial charge in [0.05, 0.1) is 6.61 Å². The summed E-state index contributed by atoms with van der Waals surface area (Å²) in [6.45, 7) is 6.16. The number of para-hydroxylation sites is 1. The lowest BCUT2D eigenvalue weighted by Gasteiger charge is -2.04. The minimum Gasteiger partial charge on any atom is -0.660 e. The van der Waals surface area contributed by atoms with Gasteiger partial charge >= 0.3 is 5.97 Å². The van der Waals surface area contributed by atoms with Gasteiger partial charge in [-0.05, 0) is 23.6 Å². The molecule has 0 fully saturated rings. The zero-order valence-corrected chi connectivity index (χ0v) is 12.4. The fourth-order valence-corrected chi connectivity index (χ4v) is 2.07. The molecule has 21 heavy (non-hydrogen) atoms. The normalized spacial score (nSPS) is 10.9. The van der Waals surface area contributed by atoms with Crippen molar-refractivity contribution >= 4 is 11.9 Å². The molecule has 2 rings (SSSR count). The number of hydrogen-bond acceptors (Lipinski definition) is 4. The molecule has 0 aliphatic carbocycles. The third-order valence-electron chi connectivity index (χ3n) is 2.96. The first-order valence-corrected chi connectivity index (χ1v) is 6.93. The van der Waals surface area contributed by atoms with E-state index < -0.39 is 5.97 Å². The molecule has 2 aromatic rings. The molecule has 1 aromatic heterocycles. The topological polar surface area (TPSA) is 80.0 Å². The van der Waals surface area contributed by atoms with Crippen LogP contribution in [0.3, 0.4) is 0 Å². The van der Waals surface area contributed by atoms with Crippen molar-refractivity contribution in [3.63, 3.8) is 0 Å². The SMILES string of the molecule is CCOC(=O)c1ccccc1-[n+]1noc([NH-])c1CC(C)C. The molecule has 0 unspecified atom stereocenters. The van der Waals surface area contributed by atoms with Crippen molar-refractivity contribution in [2.24, 2.45) is 5.92 Å². The van der Waals surface area contributed by atoms with E-state index in [2.05, 4.69) is 5.27 Å². The average molecular weight is 289 g/mol. The summed E-state index contributed by atoms with van der Waals surface area (Å²) < 4.78 is 11.5. The number of esters is 1. The number of rotatable bonds is 5. The summed E-state index contributed by atoms with van der Waals surface area (Å²) in [7, 11) is 0. The Labute approximate surface area is 123 Å². The van der Waals surface area contributed by atoms with Crippen LogP contribution in [0.1, 0.15) is 36.8 Å². The van der Waals surface area contributed by atoms with Crippen LogP contribution < -0.4 is 4.68 Å². The molecule has 0 atom stereocenters. The van der Waals surface area contributed by atoms with Crippen molar-refractivity contribution in [3.8, 4) is 5.69 Å². The largest absolute Gasteiger partial charge is 0.660 e. The molecule has 0 spiro atoms. The lowest BCUT2D eigenvalue weighted by atomic mass is 10.1. The van der Waals surface area contributed by atoms with Gasteiger partial charge < -0.3 is 15.0 Å². The number of aromatic nitrogens is 2. The van der Waals surface area contributed by atoms with E-state index in [4.69, 9.17) is 15.0 Å². The molecule has 1 aromatic carbocycles. The van der Waals surface area contributed by atoms with Crippen LogP contribution >= 0.6 is 0 Å². The van der Waals surface area contributed by atoms with Crippen molar-refractivity contribution in [2.45, 2.75) is 27.2 Å². The summed E-state index contributed by atoms with van der Waals surface area (Å²) >= 11 is 0. The zero-order valence-electron chi connectivity index (χ0n) is 12.4. The quantitative estimate of drug-likeness (QED) is 0.626. The highest BCUT2D eigenvalue weighted by atomic mass is 16.5. The first-order valence-electron chi connectivity index (χ1n) is 6.93. The second kappa shape index (κ2) is 6.39. The highest BCUT2D eigenvalue weighted by Crippen LogP contribution is 2.20. The van der Waals surface area contributed by atoms with Crippen LogP contribution in [-0.2, 0) is 11.2 Å². The van der Waals surface area contributed by atoms with Gasteiger partial charge in [0, 0.05) is 12.5 Å². The Morgan fingerprint density at radius 1 is 1.43 bits per heavy atom. The van der Waals surface area contributed by atoms with Gasteiger partial charge in [0.25, 0.3) is 5.69 Å². The first-order chi connectivity index (χ1) is 10.0. The molecule has 0 aliphatic heterocycles. The van der Waals surface area contributed by atoms with Crippen LogP contribution in [0, 0.1) is 5.92 Å². The molecule has 0 amide bonds. The van der Waals surface area contributed by atoms with E-state index in [1.54, 1.807) is 25.1 Å². The Bertz CT molecular complexity index is 635. The second-order valence-electron chi connectivity index (χ2n) is 5.10. The molecular weight excluding hydrogens is 270 g/mol. The van der Waals surface area contributed by atoms with Crippen LogP contribution in [0.15, 0.2) is 28.8 Å². The number of benzene rings is 1. The van der Waals surface area contributed by atoms with Crippen LogP contribution in [0.5, 0.6) is 0 Å². The number of nitrogens with zero attached hydrogens (tertiary/aromatic N) is 2. The number of ether oxygens (including phenoxy) is 1. The molecular formula is C15H19N3O3. The molecule has 0 aliphatic rings. The van der Waals surface area contributed by atoms with Gasteiger partial charge in [0.15, 0.2) is 0 Å². The number of carbonyl (C=O) groups excluding carboxylic acids is 1. The minimum absolute atomic E-state index is 0.0161. The van der Waals surface area contributed by atoms with Crippen LogP contribution in [-0.4, -0.2) is 17.8 Å². The first kappa shape index (κ1) is 15.0. The van der Waals surface area contributed by atoms with E-state index in [1.165, 1.54) is 4.68 Å². The predicted molar refractivity (Wildman–Crippen MR) is 76.5 cm³/mol. The second-order valence-corrected chi connectivity index (χ2v) is 5.10. The van der Waals surface area contributed by atoms with Crippen LogP contribution in [0.4, 0.5) is 5.88 Å². The van der Waals surface area contributed by atoms with E-state index in [-0.39, 0.29) is 5.88 Å². The summed E-state index contributed by atoms with van der Waals surface area (Å²) in [6, 6.07) is 7.01. The van der Waals surface area contributed by atoms with Gasteiger partial charge in [0.2, 0.25) is 11.0 Å². The predicted octanol–water partition coefficient (Wildman–Crippen LogP) is 3.01.